The van der Waals surface area contributed by atoms with Gasteiger partial charge in [-0.2, -0.15) is 0 Å². The number of amides is 2. The molecule has 7 nitrogen and oxygen atoms in total. The first-order valence-electron chi connectivity index (χ1n) is 7.86. The third-order valence-electron chi connectivity index (χ3n) is 3.93. The highest BCUT2D eigenvalue weighted by atomic mass is 16.5. The van der Waals surface area contributed by atoms with E-state index in [1.807, 2.05) is 0 Å². The molecule has 2 amide bonds. The van der Waals surface area contributed by atoms with Crippen LogP contribution in [0.25, 0.3) is 6.08 Å². The number of nitrogens with zero attached hydrogens (tertiary/aromatic N) is 2. The third-order valence-corrected chi connectivity index (χ3v) is 3.93. The maximum Gasteiger partial charge on any atom is 0.290 e. The number of likely N-dealkylation sites (tertiary alicyclic amines) is 1. The molecule has 0 saturated carbocycles. The molecule has 0 aliphatic carbocycles. The predicted molar refractivity (Wildman–Crippen MR) is 86.1 cm³/mol. The fourth-order valence-corrected chi connectivity index (χ4v) is 2.62. The lowest BCUT2D eigenvalue weighted by Gasteiger charge is -2.31. The maximum atomic E-state index is 12.1. The third kappa shape index (κ3) is 3.92. The number of piperidine rings is 1. The van der Waals surface area contributed by atoms with Crippen molar-refractivity contribution in [3.05, 3.63) is 47.8 Å². The summed E-state index contributed by atoms with van der Waals surface area (Å²) in [7, 11) is 0. The molecule has 7 heteroatoms. The molecular formula is C17H19N3O4. The fourth-order valence-electron chi connectivity index (χ4n) is 2.62. The van der Waals surface area contributed by atoms with Gasteiger partial charge in [0.05, 0.1) is 12.0 Å². The Hall–Kier alpha value is -2.83. The number of carbonyl (C=O) groups is 2. The smallest absolute Gasteiger partial charge is 0.290 e. The molecule has 2 aromatic heterocycles. The minimum Gasteiger partial charge on any atom is -0.465 e. The Labute approximate surface area is 139 Å². The van der Waals surface area contributed by atoms with Gasteiger partial charge in [0.1, 0.15) is 5.76 Å². The number of carbonyl (C=O) groups excluding carboxylic acids is 2. The van der Waals surface area contributed by atoms with Crippen LogP contribution in [0.3, 0.4) is 0 Å². The average molecular weight is 329 g/mol. The van der Waals surface area contributed by atoms with E-state index >= 15 is 0 Å². The van der Waals surface area contributed by atoms with Gasteiger partial charge in [-0.05, 0) is 38.0 Å². The summed E-state index contributed by atoms with van der Waals surface area (Å²) in [4.78, 5) is 25.9. The van der Waals surface area contributed by atoms with Crippen LogP contribution in [0, 0.1) is 6.92 Å². The number of aryl methyl sites for hydroxylation is 1. The molecule has 0 bridgehead atoms. The van der Waals surface area contributed by atoms with E-state index < -0.39 is 0 Å². The van der Waals surface area contributed by atoms with Crippen molar-refractivity contribution in [1.29, 1.82) is 0 Å². The summed E-state index contributed by atoms with van der Waals surface area (Å²) in [5.41, 5.74) is 0.670. The van der Waals surface area contributed by atoms with Crippen LogP contribution in [0.1, 0.15) is 34.9 Å². The molecule has 0 radical (unpaired) electrons. The normalized spacial score (nSPS) is 15.8. The zero-order valence-electron chi connectivity index (χ0n) is 13.4. The number of rotatable bonds is 4. The molecule has 1 aliphatic rings. The minimum atomic E-state index is -0.266. The number of hydrogen-bond acceptors (Lipinski definition) is 5. The Morgan fingerprint density at radius 3 is 2.79 bits per heavy atom. The molecule has 0 spiro atoms. The minimum absolute atomic E-state index is 0.0287. The number of nitrogens with one attached hydrogen (secondary N) is 1. The van der Waals surface area contributed by atoms with Crippen molar-refractivity contribution in [2.24, 2.45) is 0 Å². The fraction of sp³-hybridized carbons (Fsp3) is 0.353. The SMILES string of the molecule is Cc1cc(C(=O)NC2CCN(C(=O)C=Cc3ccco3)CC2)on1. The molecule has 2 aromatic rings. The number of furan rings is 1. The summed E-state index contributed by atoms with van der Waals surface area (Å²) in [6.45, 7) is 2.96. The maximum absolute atomic E-state index is 12.1. The van der Waals surface area contributed by atoms with Gasteiger partial charge in [-0.25, -0.2) is 0 Å². The second kappa shape index (κ2) is 7.16. The van der Waals surface area contributed by atoms with E-state index in [-0.39, 0.29) is 23.6 Å². The molecular weight excluding hydrogens is 310 g/mol. The lowest BCUT2D eigenvalue weighted by molar-refractivity contribution is -0.127. The first-order valence-corrected chi connectivity index (χ1v) is 7.86. The van der Waals surface area contributed by atoms with Crippen molar-refractivity contribution in [1.82, 2.24) is 15.4 Å². The van der Waals surface area contributed by atoms with Crippen LogP contribution >= 0.6 is 0 Å². The van der Waals surface area contributed by atoms with Crippen LogP contribution in [-0.4, -0.2) is 41.0 Å². The Kier molecular flexibility index (Phi) is 4.79. The molecule has 126 valence electrons. The van der Waals surface area contributed by atoms with Gasteiger partial charge in [-0.15, -0.1) is 0 Å². The van der Waals surface area contributed by atoms with Gasteiger partial charge >= 0.3 is 0 Å². The second-order valence-corrected chi connectivity index (χ2v) is 5.75. The molecule has 1 saturated heterocycles. The van der Waals surface area contributed by atoms with E-state index in [1.165, 1.54) is 6.08 Å². The summed E-state index contributed by atoms with van der Waals surface area (Å²) >= 11 is 0. The highest BCUT2D eigenvalue weighted by Crippen LogP contribution is 2.13. The average Bonchev–Trinajstić information content (AvgIpc) is 3.25. The van der Waals surface area contributed by atoms with Crippen molar-refractivity contribution < 1.29 is 18.5 Å². The Balaban J connectivity index is 1.47. The van der Waals surface area contributed by atoms with Crippen molar-refractivity contribution in [2.45, 2.75) is 25.8 Å². The van der Waals surface area contributed by atoms with Crippen molar-refractivity contribution >= 4 is 17.9 Å². The Morgan fingerprint density at radius 2 is 2.17 bits per heavy atom. The molecule has 0 unspecified atom stereocenters. The van der Waals surface area contributed by atoms with E-state index in [0.29, 0.717) is 37.4 Å². The Morgan fingerprint density at radius 1 is 1.38 bits per heavy atom. The van der Waals surface area contributed by atoms with E-state index in [0.717, 1.165) is 0 Å². The molecule has 1 N–H and O–H groups in total. The largest absolute Gasteiger partial charge is 0.465 e. The topological polar surface area (TPSA) is 88.6 Å². The second-order valence-electron chi connectivity index (χ2n) is 5.75. The van der Waals surface area contributed by atoms with Crippen molar-refractivity contribution in [3.63, 3.8) is 0 Å². The van der Waals surface area contributed by atoms with Gasteiger partial charge in [0.25, 0.3) is 5.91 Å². The highest BCUT2D eigenvalue weighted by Gasteiger charge is 2.24. The van der Waals surface area contributed by atoms with Gasteiger partial charge in [0.15, 0.2) is 0 Å². The number of hydrogen-bond donors (Lipinski definition) is 1. The molecule has 3 rings (SSSR count). The quantitative estimate of drug-likeness (QED) is 0.867. The van der Waals surface area contributed by atoms with Crippen LogP contribution in [0.4, 0.5) is 0 Å². The van der Waals surface area contributed by atoms with E-state index in [9.17, 15) is 9.59 Å². The zero-order valence-corrected chi connectivity index (χ0v) is 13.4. The van der Waals surface area contributed by atoms with E-state index in [2.05, 4.69) is 10.5 Å². The van der Waals surface area contributed by atoms with Gasteiger partial charge in [-0.1, -0.05) is 5.16 Å². The molecule has 0 aromatic carbocycles. The summed E-state index contributed by atoms with van der Waals surface area (Å²) in [5, 5.41) is 6.62. The first-order chi connectivity index (χ1) is 11.6. The summed E-state index contributed by atoms with van der Waals surface area (Å²) < 4.78 is 10.1. The van der Waals surface area contributed by atoms with Gasteiger partial charge in [0, 0.05) is 31.3 Å². The lowest BCUT2D eigenvalue weighted by atomic mass is 10.0. The van der Waals surface area contributed by atoms with Crippen LogP contribution in [0.5, 0.6) is 0 Å². The summed E-state index contributed by atoms with van der Waals surface area (Å²) in [6, 6.07) is 5.19. The van der Waals surface area contributed by atoms with Crippen molar-refractivity contribution in [3.8, 4) is 0 Å². The van der Waals surface area contributed by atoms with E-state index in [4.69, 9.17) is 8.94 Å². The van der Waals surface area contributed by atoms with E-state index in [1.54, 1.807) is 42.4 Å². The van der Waals surface area contributed by atoms with Crippen LogP contribution in [0.2, 0.25) is 0 Å². The molecule has 0 atom stereocenters. The molecule has 24 heavy (non-hydrogen) atoms. The number of aromatic nitrogens is 1. The van der Waals surface area contributed by atoms with Crippen LogP contribution < -0.4 is 5.32 Å². The monoisotopic (exact) mass is 329 g/mol. The van der Waals surface area contributed by atoms with Crippen LogP contribution in [0.15, 0.2) is 39.5 Å². The lowest BCUT2D eigenvalue weighted by Crippen LogP contribution is -2.46. The molecule has 3 heterocycles. The zero-order chi connectivity index (χ0) is 16.9. The standard InChI is InChI=1S/C17H19N3O4/c1-12-11-15(24-19-12)17(22)18-13-6-8-20(9-7-13)16(21)5-4-14-3-2-10-23-14/h2-5,10-11,13H,6-9H2,1H3,(H,18,22). The van der Waals surface area contributed by atoms with Crippen LogP contribution in [-0.2, 0) is 4.79 Å². The molecule has 1 aliphatic heterocycles. The summed E-state index contributed by atoms with van der Waals surface area (Å²) in [5.74, 6) is 0.542. The van der Waals surface area contributed by atoms with Gasteiger partial charge in [-0.3, -0.25) is 9.59 Å². The summed E-state index contributed by atoms with van der Waals surface area (Å²) in [6.07, 6.45) is 6.14. The van der Waals surface area contributed by atoms with Gasteiger partial charge < -0.3 is 19.2 Å². The predicted octanol–water partition coefficient (Wildman–Crippen LogP) is 2.01. The van der Waals surface area contributed by atoms with Gasteiger partial charge in [0.2, 0.25) is 11.7 Å². The molecule has 1 fully saturated rings. The Bertz CT molecular complexity index is 725. The van der Waals surface area contributed by atoms with Crippen molar-refractivity contribution in [2.75, 3.05) is 13.1 Å². The first kappa shape index (κ1) is 16.0. The highest BCUT2D eigenvalue weighted by molar-refractivity contribution is 5.92.